The zero-order chi connectivity index (χ0) is 15.2. The Morgan fingerprint density at radius 1 is 1.29 bits per heavy atom. The molecule has 0 radical (unpaired) electrons. The van der Waals surface area contributed by atoms with E-state index in [0.29, 0.717) is 23.2 Å². The van der Waals surface area contributed by atoms with Crippen LogP contribution in [0.4, 0.5) is 11.6 Å². The summed E-state index contributed by atoms with van der Waals surface area (Å²) in [6.45, 7) is 4.13. The molecule has 21 heavy (non-hydrogen) atoms. The van der Waals surface area contributed by atoms with Crippen LogP contribution < -0.4 is 10.6 Å². The third kappa shape index (κ3) is 4.26. The summed E-state index contributed by atoms with van der Waals surface area (Å²) in [4.78, 5) is 20.4. The zero-order valence-electron chi connectivity index (χ0n) is 11.9. The van der Waals surface area contributed by atoms with Gasteiger partial charge in [-0.2, -0.15) is 0 Å². The van der Waals surface area contributed by atoms with E-state index in [2.05, 4.69) is 50.4 Å². The summed E-state index contributed by atoms with van der Waals surface area (Å²) < 4.78 is 0.828. The van der Waals surface area contributed by atoms with E-state index in [1.807, 2.05) is 24.3 Å². The summed E-state index contributed by atoms with van der Waals surface area (Å²) >= 11 is 3.39. The molecule has 2 aromatic rings. The number of para-hydroxylation sites is 1. The number of aromatic nitrogens is 2. The van der Waals surface area contributed by atoms with Crippen LogP contribution in [0, 0.1) is 0 Å². The van der Waals surface area contributed by atoms with Crippen molar-refractivity contribution in [3.63, 3.8) is 0 Å². The molecule has 0 bridgehead atoms. The molecule has 1 unspecified atom stereocenters. The predicted molar refractivity (Wildman–Crippen MR) is 87.5 cm³/mol. The summed E-state index contributed by atoms with van der Waals surface area (Å²) in [5.74, 6) is 0.291. The Kier molecular flexibility index (Phi) is 5.27. The van der Waals surface area contributed by atoms with Gasteiger partial charge in [-0.1, -0.05) is 19.1 Å². The Labute approximate surface area is 132 Å². The van der Waals surface area contributed by atoms with E-state index in [-0.39, 0.29) is 5.91 Å². The van der Waals surface area contributed by atoms with Crippen molar-refractivity contribution >= 4 is 33.5 Å². The predicted octanol–water partition coefficient (Wildman–Crippen LogP) is 3.70. The summed E-state index contributed by atoms with van der Waals surface area (Å²) in [5, 5.41) is 5.97. The topological polar surface area (TPSA) is 66.9 Å². The average Bonchev–Trinajstić information content (AvgIpc) is 2.50. The molecule has 0 fully saturated rings. The molecular weight excluding hydrogens is 332 g/mol. The Morgan fingerprint density at radius 3 is 2.57 bits per heavy atom. The van der Waals surface area contributed by atoms with Crippen LogP contribution in [0.3, 0.4) is 0 Å². The number of rotatable bonds is 5. The van der Waals surface area contributed by atoms with Crippen LogP contribution >= 0.6 is 15.9 Å². The van der Waals surface area contributed by atoms with Crippen LogP contribution in [0.25, 0.3) is 0 Å². The first-order chi connectivity index (χ1) is 10.1. The molecular formula is C15H17BrN4O. The van der Waals surface area contributed by atoms with E-state index in [1.54, 1.807) is 0 Å². The molecule has 1 heterocycles. The van der Waals surface area contributed by atoms with Gasteiger partial charge in [0.2, 0.25) is 5.95 Å². The van der Waals surface area contributed by atoms with E-state index in [0.717, 1.165) is 10.9 Å². The Balaban J connectivity index is 2.05. The lowest BCUT2D eigenvalue weighted by atomic mass is 10.2. The minimum absolute atomic E-state index is 0.239. The molecule has 1 aromatic heterocycles. The lowest BCUT2D eigenvalue weighted by Crippen LogP contribution is -2.17. The number of halogens is 1. The average molecular weight is 349 g/mol. The SMILES string of the molecule is CCC(C)Nc1ncc(C(=O)Nc2ccccc2Br)cn1. The number of amides is 1. The van der Waals surface area contributed by atoms with Gasteiger partial charge < -0.3 is 10.6 Å². The first-order valence-corrected chi connectivity index (χ1v) is 7.54. The summed E-state index contributed by atoms with van der Waals surface area (Å²) in [5.41, 5.74) is 1.13. The van der Waals surface area contributed by atoms with Gasteiger partial charge in [-0.25, -0.2) is 9.97 Å². The fraction of sp³-hybridized carbons (Fsp3) is 0.267. The fourth-order valence-electron chi connectivity index (χ4n) is 1.60. The van der Waals surface area contributed by atoms with Gasteiger partial charge in [-0.3, -0.25) is 4.79 Å². The highest BCUT2D eigenvalue weighted by atomic mass is 79.9. The third-order valence-corrected chi connectivity index (χ3v) is 3.72. The van der Waals surface area contributed by atoms with E-state index >= 15 is 0 Å². The molecule has 0 saturated carbocycles. The smallest absolute Gasteiger partial charge is 0.258 e. The van der Waals surface area contributed by atoms with Crippen LogP contribution in [0.5, 0.6) is 0 Å². The highest BCUT2D eigenvalue weighted by Crippen LogP contribution is 2.21. The van der Waals surface area contributed by atoms with Crippen molar-refractivity contribution in [2.24, 2.45) is 0 Å². The Morgan fingerprint density at radius 2 is 1.95 bits per heavy atom. The normalized spacial score (nSPS) is 11.8. The highest BCUT2D eigenvalue weighted by molar-refractivity contribution is 9.10. The van der Waals surface area contributed by atoms with Gasteiger partial charge in [-0.05, 0) is 41.4 Å². The maximum atomic E-state index is 12.1. The molecule has 0 aliphatic carbocycles. The third-order valence-electron chi connectivity index (χ3n) is 3.02. The second-order valence-corrected chi connectivity index (χ2v) is 5.54. The molecule has 0 saturated heterocycles. The fourth-order valence-corrected chi connectivity index (χ4v) is 1.98. The van der Waals surface area contributed by atoms with Crippen molar-refractivity contribution in [3.05, 3.63) is 46.7 Å². The van der Waals surface area contributed by atoms with Crippen LogP contribution in [0.15, 0.2) is 41.1 Å². The summed E-state index contributed by atoms with van der Waals surface area (Å²) in [6.07, 6.45) is 4.02. The van der Waals surface area contributed by atoms with Crippen LogP contribution in [0.1, 0.15) is 30.6 Å². The van der Waals surface area contributed by atoms with Crippen molar-refractivity contribution in [2.75, 3.05) is 10.6 Å². The van der Waals surface area contributed by atoms with Crippen LogP contribution in [-0.2, 0) is 0 Å². The van der Waals surface area contributed by atoms with E-state index in [4.69, 9.17) is 0 Å². The molecule has 2 N–H and O–H groups in total. The number of carbonyl (C=O) groups is 1. The summed E-state index contributed by atoms with van der Waals surface area (Å²) in [6, 6.07) is 7.73. The minimum atomic E-state index is -0.239. The van der Waals surface area contributed by atoms with Crippen molar-refractivity contribution < 1.29 is 4.79 Å². The lowest BCUT2D eigenvalue weighted by Gasteiger charge is -2.11. The van der Waals surface area contributed by atoms with Crippen molar-refractivity contribution in [1.82, 2.24) is 9.97 Å². The number of carbonyl (C=O) groups excluding carboxylic acids is 1. The number of nitrogens with one attached hydrogen (secondary N) is 2. The van der Waals surface area contributed by atoms with Gasteiger partial charge in [0.05, 0.1) is 11.3 Å². The van der Waals surface area contributed by atoms with E-state index in [1.165, 1.54) is 12.4 Å². The quantitative estimate of drug-likeness (QED) is 0.864. The minimum Gasteiger partial charge on any atom is -0.352 e. The standard InChI is InChI=1S/C15H17BrN4O/c1-3-10(2)19-15-17-8-11(9-18-15)14(21)20-13-7-5-4-6-12(13)16/h4-10H,3H2,1-2H3,(H,20,21)(H,17,18,19). The van der Waals surface area contributed by atoms with Gasteiger partial charge in [0.15, 0.2) is 0 Å². The van der Waals surface area contributed by atoms with Gasteiger partial charge in [0.25, 0.3) is 5.91 Å². The maximum Gasteiger partial charge on any atom is 0.258 e. The molecule has 110 valence electrons. The van der Waals surface area contributed by atoms with Gasteiger partial charge in [-0.15, -0.1) is 0 Å². The van der Waals surface area contributed by atoms with Gasteiger partial charge in [0, 0.05) is 22.9 Å². The molecule has 2 rings (SSSR count). The monoisotopic (exact) mass is 348 g/mol. The number of nitrogens with zero attached hydrogens (tertiary/aromatic N) is 2. The molecule has 1 amide bonds. The molecule has 0 aliphatic heterocycles. The molecule has 1 atom stereocenters. The second-order valence-electron chi connectivity index (χ2n) is 4.68. The van der Waals surface area contributed by atoms with Gasteiger partial charge >= 0.3 is 0 Å². The number of hydrogen-bond donors (Lipinski definition) is 2. The Bertz CT molecular complexity index is 615. The molecule has 5 nitrogen and oxygen atoms in total. The van der Waals surface area contributed by atoms with Crippen molar-refractivity contribution in [3.8, 4) is 0 Å². The Hall–Kier alpha value is -1.95. The van der Waals surface area contributed by atoms with E-state index in [9.17, 15) is 4.79 Å². The lowest BCUT2D eigenvalue weighted by molar-refractivity contribution is 0.102. The molecule has 6 heteroatoms. The number of benzene rings is 1. The molecule has 0 aliphatic rings. The number of anilines is 2. The second kappa shape index (κ2) is 7.17. The first kappa shape index (κ1) is 15.4. The zero-order valence-corrected chi connectivity index (χ0v) is 13.5. The maximum absolute atomic E-state index is 12.1. The van der Waals surface area contributed by atoms with E-state index < -0.39 is 0 Å². The van der Waals surface area contributed by atoms with Gasteiger partial charge in [0.1, 0.15) is 0 Å². The highest BCUT2D eigenvalue weighted by Gasteiger charge is 2.09. The van der Waals surface area contributed by atoms with Crippen molar-refractivity contribution in [1.29, 1.82) is 0 Å². The van der Waals surface area contributed by atoms with Crippen molar-refractivity contribution in [2.45, 2.75) is 26.3 Å². The first-order valence-electron chi connectivity index (χ1n) is 6.74. The van der Waals surface area contributed by atoms with Crippen LogP contribution in [-0.4, -0.2) is 21.9 Å². The number of hydrogen-bond acceptors (Lipinski definition) is 4. The summed E-state index contributed by atoms with van der Waals surface area (Å²) in [7, 11) is 0. The molecule has 0 spiro atoms. The molecule has 1 aromatic carbocycles. The largest absolute Gasteiger partial charge is 0.352 e. The van der Waals surface area contributed by atoms with Crippen LogP contribution in [0.2, 0.25) is 0 Å².